The maximum atomic E-state index is 12.4. The largest absolute Gasteiger partial charge is 0.457 e. The van der Waals surface area contributed by atoms with Crippen LogP contribution in [0.5, 0.6) is 11.5 Å². The highest BCUT2D eigenvalue weighted by Gasteiger charge is 2.36. The highest BCUT2D eigenvalue weighted by Crippen LogP contribution is 2.37. The Hall–Kier alpha value is -4.19. The van der Waals surface area contributed by atoms with Crippen LogP contribution < -0.4 is 15.4 Å². The third kappa shape index (κ3) is 13.1. The first-order valence-corrected chi connectivity index (χ1v) is 12.1. The van der Waals surface area contributed by atoms with E-state index in [0.717, 1.165) is 6.29 Å². The molecule has 0 spiro atoms. The van der Waals surface area contributed by atoms with Crippen molar-refractivity contribution in [1.29, 1.82) is 0 Å². The number of aldehydes is 1. The predicted molar refractivity (Wildman–Crippen MR) is 147 cm³/mol. The summed E-state index contributed by atoms with van der Waals surface area (Å²) in [5.41, 5.74) is -1.83. The zero-order valence-electron chi connectivity index (χ0n) is 23.5. The van der Waals surface area contributed by atoms with Crippen LogP contribution in [0.2, 0.25) is 0 Å². The summed E-state index contributed by atoms with van der Waals surface area (Å²) in [5.74, 6) is 0.814. The number of hydrogen-bond donors (Lipinski definition) is 2. The van der Waals surface area contributed by atoms with E-state index >= 15 is 0 Å². The minimum atomic E-state index is -4.81. The van der Waals surface area contributed by atoms with Crippen molar-refractivity contribution in [2.75, 3.05) is 21.1 Å². The average molecular weight is 586 g/mol. The second-order valence-electron chi connectivity index (χ2n) is 7.82. The van der Waals surface area contributed by atoms with Crippen LogP contribution in [0.1, 0.15) is 58.3 Å². The van der Waals surface area contributed by atoms with Gasteiger partial charge >= 0.3 is 12.4 Å². The van der Waals surface area contributed by atoms with E-state index in [1.807, 2.05) is 27.9 Å². The Balaban J connectivity index is 0.000000678. The Morgan fingerprint density at radius 3 is 1.73 bits per heavy atom. The number of halogens is 6. The topological polar surface area (TPSA) is 80.3 Å². The van der Waals surface area contributed by atoms with Crippen LogP contribution in [-0.2, 0) is 12.4 Å². The number of carbonyl (C=O) groups excluding carboxylic acids is 2. The smallest absolute Gasteiger partial charge is 0.416 e. The molecule has 41 heavy (non-hydrogen) atoms. The molecule has 0 atom stereocenters. The molecule has 12 heteroatoms. The number of pyridine rings is 1. The minimum Gasteiger partial charge on any atom is -0.457 e. The summed E-state index contributed by atoms with van der Waals surface area (Å²) < 4.78 is 80.0. The van der Waals surface area contributed by atoms with Crippen LogP contribution in [0.3, 0.4) is 0 Å². The second kappa shape index (κ2) is 17.5. The molecule has 0 radical (unpaired) electrons. The molecule has 0 fully saturated rings. The van der Waals surface area contributed by atoms with Crippen LogP contribution >= 0.6 is 0 Å². The molecule has 1 aromatic heterocycles. The van der Waals surface area contributed by atoms with E-state index in [4.69, 9.17) is 4.74 Å². The number of aromatic nitrogens is 1. The zero-order chi connectivity index (χ0) is 31.8. The summed E-state index contributed by atoms with van der Waals surface area (Å²) in [7, 11) is 5.29. The van der Waals surface area contributed by atoms with Gasteiger partial charge in [-0.15, -0.1) is 0 Å². The number of nitrogens with one attached hydrogen (secondary N) is 2. The minimum absolute atomic E-state index is 0.0897. The molecular formula is C29H33F6N3O3. The fourth-order valence-corrected chi connectivity index (χ4v) is 2.68. The summed E-state index contributed by atoms with van der Waals surface area (Å²) in [5, 5.41) is 5.24. The first-order valence-electron chi connectivity index (χ1n) is 12.1. The van der Waals surface area contributed by atoms with Gasteiger partial charge in [0.15, 0.2) is 0 Å². The van der Waals surface area contributed by atoms with Crippen molar-refractivity contribution < 1.29 is 40.7 Å². The molecule has 0 saturated heterocycles. The van der Waals surface area contributed by atoms with Gasteiger partial charge in [-0.1, -0.05) is 26.0 Å². The van der Waals surface area contributed by atoms with Gasteiger partial charge in [-0.2, -0.15) is 26.3 Å². The third-order valence-electron chi connectivity index (χ3n) is 4.52. The summed E-state index contributed by atoms with van der Waals surface area (Å²) >= 11 is 0. The van der Waals surface area contributed by atoms with Gasteiger partial charge in [-0.05, 0) is 75.1 Å². The molecule has 6 nitrogen and oxygen atoms in total. The molecular weight excluding hydrogens is 552 g/mol. The van der Waals surface area contributed by atoms with Crippen LogP contribution in [0.15, 0.2) is 67.4 Å². The normalized spacial score (nSPS) is 10.3. The van der Waals surface area contributed by atoms with Crippen LogP contribution in [0, 0.1) is 0 Å². The summed E-state index contributed by atoms with van der Waals surface area (Å²) in [6, 6.07) is 11.3. The maximum Gasteiger partial charge on any atom is 0.416 e. The van der Waals surface area contributed by atoms with Crippen molar-refractivity contribution in [3.63, 3.8) is 0 Å². The summed E-state index contributed by atoms with van der Waals surface area (Å²) in [6.45, 7) is 8.68. The lowest BCUT2D eigenvalue weighted by molar-refractivity contribution is -0.143. The van der Waals surface area contributed by atoms with Gasteiger partial charge in [-0.25, -0.2) is 0 Å². The number of ether oxygens (including phenoxy) is 1. The molecule has 224 valence electrons. The van der Waals surface area contributed by atoms with Gasteiger partial charge in [-0.3, -0.25) is 14.6 Å². The van der Waals surface area contributed by atoms with Gasteiger partial charge in [0.25, 0.3) is 5.91 Å². The SMILES string of the molecule is C=C(C)c1cc(C(F)(F)F)cc(C(F)(F)F)c1.CC.CNC.CNC(=O)c1cc(Oc2ccc(C=O)cc2)ccn1. The predicted octanol–water partition coefficient (Wildman–Crippen LogP) is 7.67. The Morgan fingerprint density at radius 1 is 0.854 bits per heavy atom. The molecule has 0 bridgehead atoms. The fourth-order valence-electron chi connectivity index (χ4n) is 2.68. The number of nitrogens with zero attached hydrogens (tertiary/aromatic N) is 1. The summed E-state index contributed by atoms with van der Waals surface area (Å²) in [6.07, 6.45) is -7.36. The molecule has 1 amide bonds. The van der Waals surface area contributed by atoms with Gasteiger partial charge in [0.05, 0.1) is 11.1 Å². The van der Waals surface area contributed by atoms with E-state index in [2.05, 4.69) is 22.2 Å². The molecule has 0 aliphatic carbocycles. The van der Waals surface area contributed by atoms with Crippen molar-refractivity contribution in [3.05, 3.63) is 95.3 Å². The van der Waals surface area contributed by atoms with Crippen LogP contribution in [-0.4, -0.2) is 38.3 Å². The first-order chi connectivity index (χ1) is 19.2. The molecule has 0 saturated carbocycles. The highest BCUT2D eigenvalue weighted by atomic mass is 19.4. The molecule has 3 rings (SSSR count). The molecule has 0 aliphatic heterocycles. The van der Waals surface area contributed by atoms with Gasteiger partial charge in [0.2, 0.25) is 0 Å². The second-order valence-corrected chi connectivity index (χ2v) is 7.82. The number of alkyl halides is 6. The van der Waals surface area contributed by atoms with E-state index in [1.54, 1.807) is 36.4 Å². The molecule has 1 heterocycles. The number of amides is 1. The molecule has 0 unspecified atom stereocenters. The van der Waals surface area contributed by atoms with Gasteiger partial charge < -0.3 is 15.4 Å². The Kier molecular flexibility index (Phi) is 15.7. The average Bonchev–Trinajstić information content (AvgIpc) is 2.94. The number of rotatable bonds is 5. The number of allylic oxidation sites excluding steroid dienone is 1. The maximum absolute atomic E-state index is 12.4. The van der Waals surface area contributed by atoms with E-state index < -0.39 is 23.5 Å². The van der Waals surface area contributed by atoms with Gasteiger partial charge in [0, 0.05) is 24.9 Å². The highest BCUT2D eigenvalue weighted by molar-refractivity contribution is 5.92. The van der Waals surface area contributed by atoms with Crippen molar-refractivity contribution >= 4 is 17.8 Å². The zero-order valence-corrected chi connectivity index (χ0v) is 23.5. The van der Waals surface area contributed by atoms with E-state index in [9.17, 15) is 35.9 Å². The van der Waals surface area contributed by atoms with Crippen molar-refractivity contribution in [1.82, 2.24) is 15.6 Å². The Labute approximate surface area is 235 Å². The fraction of sp³-hybridized carbons (Fsp3) is 0.276. The number of hydrogen-bond acceptors (Lipinski definition) is 5. The Morgan fingerprint density at radius 2 is 1.34 bits per heavy atom. The number of carbonyl (C=O) groups is 2. The number of benzene rings is 2. The van der Waals surface area contributed by atoms with Crippen LogP contribution in [0.25, 0.3) is 5.57 Å². The van der Waals surface area contributed by atoms with Gasteiger partial charge in [0.1, 0.15) is 23.5 Å². The van der Waals surface area contributed by atoms with E-state index in [0.29, 0.717) is 29.2 Å². The lowest BCUT2D eigenvalue weighted by Crippen LogP contribution is -2.18. The Bertz CT molecular complexity index is 1230. The summed E-state index contributed by atoms with van der Waals surface area (Å²) in [4.78, 5) is 25.9. The monoisotopic (exact) mass is 585 g/mol. The van der Waals surface area contributed by atoms with Crippen molar-refractivity contribution in [2.24, 2.45) is 0 Å². The quantitative estimate of drug-likeness (QED) is 0.237. The molecule has 2 aromatic carbocycles. The van der Waals surface area contributed by atoms with Crippen molar-refractivity contribution in [2.45, 2.75) is 33.1 Å². The standard InChI is InChI=1S/C14H12N2O3.C11H8F6.C2H7N.C2H6/c1-15-14(18)13-8-12(6-7-16-13)19-11-4-2-10(9-17)3-5-11;1-6(2)7-3-8(10(12,13)14)5-9(4-7)11(15,16)17;1-3-2;1-2/h2-9H,1H3,(H,15,18);3-5H,1H2,2H3;3H,1-2H3;1-2H3. The van der Waals surface area contributed by atoms with E-state index in [1.165, 1.54) is 20.2 Å². The lowest BCUT2D eigenvalue weighted by Gasteiger charge is -2.14. The van der Waals surface area contributed by atoms with E-state index in [-0.39, 0.29) is 28.8 Å². The molecule has 2 N–H and O–H groups in total. The lowest BCUT2D eigenvalue weighted by atomic mass is 10.0. The third-order valence-corrected chi connectivity index (χ3v) is 4.52. The molecule has 3 aromatic rings. The first kappa shape index (κ1) is 36.8. The molecule has 0 aliphatic rings. The van der Waals surface area contributed by atoms with Crippen LogP contribution in [0.4, 0.5) is 26.3 Å². The van der Waals surface area contributed by atoms with Crippen molar-refractivity contribution in [3.8, 4) is 11.5 Å².